The van der Waals surface area contributed by atoms with Crippen LogP contribution in [0.5, 0.6) is 0 Å². The summed E-state index contributed by atoms with van der Waals surface area (Å²) in [5, 5.41) is 0. The quantitative estimate of drug-likeness (QED) is 0.846. The summed E-state index contributed by atoms with van der Waals surface area (Å²) in [6, 6.07) is 3.24. The number of hydrogen-bond acceptors (Lipinski definition) is 4. The Morgan fingerprint density at radius 1 is 1.50 bits per heavy atom. The van der Waals surface area contributed by atoms with Gasteiger partial charge >= 0.3 is 5.97 Å². The third-order valence-electron chi connectivity index (χ3n) is 2.09. The summed E-state index contributed by atoms with van der Waals surface area (Å²) >= 11 is 1.25. The molecule has 1 atom stereocenters. The van der Waals surface area contributed by atoms with Crippen LogP contribution < -0.4 is 5.73 Å². The summed E-state index contributed by atoms with van der Waals surface area (Å²) in [5.74, 6) is -1.69. The lowest BCUT2D eigenvalue weighted by Gasteiger charge is -2.09. The summed E-state index contributed by atoms with van der Waals surface area (Å²) in [7, 11) is 1.25. The maximum absolute atomic E-state index is 13.2. The molecule has 0 heterocycles. The number of benzene rings is 1. The van der Waals surface area contributed by atoms with Crippen molar-refractivity contribution in [2.24, 2.45) is 5.73 Å². The molecule has 0 spiro atoms. The average molecular weight is 298 g/mol. The SMILES string of the molecule is COC(=O)[C@@H](N)CSCc1cccc(F)c1F.Cl. The number of carbonyl (C=O) groups excluding carboxylic acids is 1. The van der Waals surface area contributed by atoms with Gasteiger partial charge in [-0.15, -0.1) is 12.4 Å². The van der Waals surface area contributed by atoms with Crippen molar-refractivity contribution in [2.75, 3.05) is 12.9 Å². The van der Waals surface area contributed by atoms with E-state index in [0.717, 1.165) is 6.07 Å². The first-order valence-corrected chi connectivity index (χ1v) is 6.05. The third kappa shape index (κ3) is 4.80. The number of thioether (sulfide) groups is 1. The molecule has 18 heavy (non-hydrogen) atoms. The molecule has 0 saturated carbocycles. The smallest absolute Gasteiger partial charge is 0.323 e. The summed E-state index contributed by atoms with van der Waals surface area (Å²) < 4.78 is 30.6. The molecule has 0 radical (unpaired) electrons. The monoisotopic (exact) mass is 297 g/mol. The number of carbonyl (C=O) groups is 1. The Labute approximate surface area is 114 Å². The molecular formula is C11H14ClF2NO2S. The minimum Gasteiger partial charge on any atom is -0.468 e. The molecule has 7 heteroatoms. The van der Waals surface area contributed by atoms with Crippen molar-refractivity contribution in [1.82, 2.24) is 0 Å². The van der Waals surface area contributed by atoms with E-state index in [1.54, 1.807) is 0 Å². The molecule has 0 aromatic heterocycles. The van der Waals surface area contributed by atoms with Crippen molar-refractivity contribution in [3.05, 3.63) is 35.4 Å². The van der Waals surface area contributed by atoms with Gasteiger partial charge in [-0.25, -0.2) is 8.78 Å². The lowest BCUT2D eigenvalue weighted by molar-refractivity contribution is -0.141. The molecule has 0 amide bonds. The Bertz CT molecular complexity index is 407. The highest BCUT2D eigenvalue weighted by atomic mass is 35.5. The van der Waals surface area contributed by atoms with Crippen LogP contribution in [0.25, 0.3) is 0 Å². The fraction of sp³-hybridized carbons (Fsp3) is 0.364. The number of ether oxygens (including phenoxy) is 1. The first kappa shape index (κ1) is 17.2. The molecule has 0 aliphatic heterocycles. The van der Waals surface area contributed by atoms with Gasteiger partial charge in [0.25, 0.3) is 0 Å². The Morgan fingerprint density at radius 2 is 2.17 bits per heavy atom. The van der Waals surface area contributed by atoms with Gasteiger partial charge in [-0.05, 0) is 6.07 Å². The Hall–Kier alpha value is -0.850. The summed E-state index contributed by atoms with van der Waals surface area (Å²) in [6.07, 6.45) is 0. The van der Waals surface area contributed by atoms with Crippen LogP contribution in [0, 0.1) is 11.6 Å². The number of halogens is 3. The van der Waals surface area contributed by atoms with Gasteiger partial charge in [0, 0.05) is 17.1 Å². The number of hydrogen-bond donors (Lipinski definition) is 1. The second kappa shape index (κ2) is 8.29. The zero-order chi connectivity index (χ0) is 12.8. The fourth-order valence-electron chi connectivity index (χ4n) is 1.18. The van der Waals surface area contributed by atoms with Gasteiger partial charge in [-0.1, -0.05) is 12.1 Å². The Balaban J connectivity index is 0.00000289. The Kier molecular flexibility index (Phi) is 7.90. The van der Waals surface area contributed by atoms with Gasteiger partial charge < -0.3 is 10.5 Å². The molecule has 0 fully saturated rings. The second-order valence-corrected chi connectivity index (χ2v) is 4.39. The van der Waals surface area contributed by atoms with Gasteiger partial charge in [-0.2, -0.15) is 11.8 Å². The van der Waals surface area contributed by atoms with Gasteiger partial charge in [0.15, 0.2) is 11.6 Å². The minimum absolute atomic E-state index is 0. The van der Waals surface area contributed by atoms with Crippen LogP contribution in [0.3, 0.4) is 0 Å². The first-order valence-electron chi connectivity index (χ1n) is 4.90. The van der Waals surface area contributed by atoms with E-state index in [1.165, 1.54) is 31.0 Å². The van der Waals surface area contributed by atoms with E-state index in [9.17, 15) is 13.6 Å². The van der Waals surface area contributed by atoms with Crippen molar-refractivity contribution >= 4 is 30.1 Å². The minimum atomic E-state index is -0.875. The fourth-order valence-corrected chi connectivity index (χ4v) is 2.13. The van der Waals surface area contributed by atoms with E-state index < -0.39 is 23.6 Å². The van der Waals surface area contributed by atoms with E-state index >= 15 is 0 Å². The lowest BCUT2D eigenvalue weighted by Crippen LogP contribution is -2.33. The van der Waals surface area contributed by atoms with Crippen molar-refractivity contribution in [3.63, 3.8) is 0 Å². The second-order valence-electron chi connectivity index (χ2n) is 3.36. The number of nitrogens with two attached hydrogens (primary N) is 1. The Morgan fingerprint density at radius 3 is 2.78 bits per heavy atom. The number of methoxy groups -OCH3 is 1. The van der Waals surface area contributed by atoms with Crippen molar-refractivity contribution in [2.45, 2.75) is 11.8 Å². The predicted octanol–water partition coefficient (Wildman–Crippen LogP) is 2.12. The molecule has 3 nitrogen and oxygen atoms in total. The molecule has 2 N–H and O–H groups in total. The maximum atomic E-state index is 13.2. The van der Waals surface area contributed by atoms with Crippen LogP contribution in [0.1, 0.15) is 5.56 Å². The molecule has 0 saturated heterocycles. The van der Waals surface area contributed by atoms with E-state index in [2.05, 4.69) is 4.74 Å². The molecule has 102 valence electrons. The topological polar surface area (TPSA) is 52.3 Å². The van der Waals surface area contributed by atoms with Crippen molar-refractivity contribution in [3.8, 4) is 0 Å². The zero-order valence-corrected chi connectivity index (χ0v) is 11.3. The van der Waals surface area contributed by atoms with Gasteiger partial charge in [-0.3, -0.25) is 4.79 Å². The highest BCUT2D eigenvalue weighted by Crippen LogP contribution is 2.18. The lowest BCUT2D eigenvalue weighted by atomic mass is 10.2. The largest absolute Gasteiger partial charge is 0.468 e. The number of rotatable bonds is 5. The van der Waals surface area contributed by atoms with E-state index in [0.29, 0.717) is 5.75 Å². The van der Waals surface area contributed by atoms with Crippen LogP contribution in [0.2, 0.25) is 0 Å². The average Bonchev–Trinajstić information content (AvgIpc) is 2.33. The van der Waals surface area contributed by atoms with Crippen molar-refractivity contribution < 1.29 is 18.3 Å². The highest BCUT2D eigenvalue weighted by molar-refractivity contribution is 7.98. The summed E-state index contributed by atoms with van der Waals surface area (Å²) in [6.45, 7) is 0. The van der Waals surface area contributed by atoms with Crippen molar-refractivity contribution in [1.29, 1.82) is 0 Å². The molecule has 0 aliphatic carbocycles. The van der Waals surface area contributed by atoms with Crippen LogP contribution in [0.4, 0.5) is 8.78 Å². The molecule has 1 aromatic carbocycles. The predicted molar refractivity (Wildman–Crippen MR) is 69.8 cm³/mol. The van der Waals surface area contributed by atoms with E-state index in [4.69, 9.17) is 5.73 Å². The van der Waals surface area contributed by atoms with Crippen LogP contribution in [-0.4, -0.2) is 24.9 Å². The van der Waals surface area contributed by atoms with Crippen LogP contribution >= 0.6 is 24.2 Å². The van der Waals surface area contributed by atoms with Crippen LogP contribution in [-0.2, 0) is 15.3 Å². The third-order valence-corrected chi connectivity index (χ3v) is 3.20. The standard InChI is InChI=1S/C11H13F2NO2S.ClH/c1-16-11(15)9(14)6-17-5-7-3-2-4-8(12)10(7)13;/h2-4,9H,5-6,14H2,1H3;1H/t9-;/m0./s1. The summed E-state index contributed by atoms with van der Waals surface area (Å²) in [5.41, 5.74) is 5.75. The van der Waals surface area contributed by atoms with E-state index in [-0.39, 0.29) is 23.7 Å². The molecule has 0 bridgehead atoms. The maximum Gasteiger partial charge on any atom is 0.323 e. The zero-order valence-electron chi connectivity index (χ0n) is 9.69. The molecule has 1 rings (SSSR count). The summed E-state index contributed by atoms with van der Waals surface area (Å²) in [4.78, 5) is 11.0. The normalized spacial score (nSPS) is 11.6. The van der Waals surface area contributed by atoms with E-state index in [1.807, 2.05) is 0 Å². The highest BCUT2D eigenvalue weighted by Gasteiger charge is 2.14. The molecule has 0 unspecified atom stereocenters. The first-order chi connectivity index (χ1) is 8.06. The number of esters is 1. The molecule has 0 aliphatic rings. The van der Waals surface area contributed by atoms with Gasteiger partial charge in [0.2, 0.25) is 0 Å². The van der Waals surface area contributed by atoms with Gasteiger partial charge in [0.05, 0.1) is 7.11 Å². The molecule has 1 aromatic rings. The van der Waals surface area contributed by atoms with Crippen LogP contribution in [0.15, 0.2) is 18.2 Å². The molecular weight excluding hydrogens is 284 g/mol. The van der Waals surface area contributed by atoms with Gasteiger partial charge in [0.1, 0.15) is 6.04 Å².